The zero-order valence-electron chi connectivity index (χ0n) is 17.5. The van der Waals surface area contributed by atoms with Crippen molar-refractivity contribution in [2.45, 2.75) is 90.7 Å². The Kier molecular flexibility index (Phi) is 9.36. The van der Waals surface area contributed by atoms with Crippen LogP contribution in [0.3, 0.4) is 0 Å². The Morgan fingerprint density at radius 1 is 1.23 bits per heavy atom. The Bertz CT molecular complexity index is 390. The number of aliphatic hydroxyl groups is 2. The average molecular weight is 370 g/mol. The maximum absolute atomic E-state index is 9.73. The maximum Gasteiger partial charge on any atom is 0.0587 e. The second kappa shape index (κ2) is 11.0. The summed E-state index contributed by atoms with van der Waals surface area (Å²) >= 11 is 0. The van der Waals surface area contributed by atoms with E-state index in [4.69, 9.17) is 4.74 Å². The smallest absolute Gasteiger partial charge is 0.0587 e. The van der Waals surface area contributed by atoms with Crippen molar-refractivity contribution in [2.24, 2.45) is 17.3 Å². The van der Waals surface area contributed by atoms with E-state index in [-0.39, 0.29) is 18.8 Å². The molecule has 0 aromatic heterocycles. The van der Waals surface area contributed by atoms with Crippen molar-refractivity contribution >= 4 is 0 Å². The monoisotopic (exact) mass is 369 g/mol. The van der Waals surface area contributed by atoms with Gasteiger partial charge in [0.15, 0.2) is 0 Å². The third kappa shape index (κ3) is 7.46. The third-order valence-electron chi connectivity index (χ3n) is 6.43. The van der Waals surface area contributed by atoms with Gasteiger partial charge in [-0.05, 0) is 68.7 Å². The van der Waals surface area contributed by atoms with Crippen molar-refractivity contribution in [3.8, 4) is 0 Å². The predicted molar refractivity (Wildman–Crippen MR) is 107 cm³/mol. The quantitative estimate of drug-likeness (QED) is 0.575. The van der Waals surface area contributed by atoms with Gasteiger partial charge >= 0.3 is 0 Å². The maximum atomic E-state index is 9.73. The zero-order valence-corrected chi connectivity index (χ0v) is 17.5. The molecule has 2 aliphatic rings. The van der Waals surface area contributed by atoms with Gasteiger partial charge in [-0.25, -0.2) is 0 Å². The summed E-state index contributed by atoms with van der Waals surface area (Å²) in [5.41, 5.74) is 0.378. The number of unbranched alkanes of at least 4 members (excludes halogenated alkanes) is 1. The highest BCUT2D eigenvalue weighted by molar-refractivity contribution is 4.83. The van der Waals surface area contributed by atoms with Gasteiger partial charge in [0.25, 0.3) is 0 Å². The summed E-state index contributed by atoms with van der Waals surface area (Å²) in [5, 5.41) is 19.2. The first-order chi connectivity index (χ1) is 12.4. The lowest BCUT2D eigenvalue weighted by atomic mass is 9.69. The SMILES string of the molecule is CC(C)CC1CCCC(C)(COCCCCN2CCC(O)CC2CO)C1. The molecule has 0 amide bonds. The van der Waals surface area contributed by atoms with Gasteiger partial charge in [-0.1, -0.05) is 33.6 Å². The van der Waals surface area contributed by atoms with E-state index in [0.717, 1.165) is 57.4 Å². The summed E-state index contributed by atoms with van der Waals surface area (Å²) in [7, 11) is 0. The minimum absolute atomic E-state index is 0.138. The summed E-state index contributed by atoms with van der Waals surface area (Å²) < 4.78 is 6.08. The minimum Gasteiger partial charge on any atom is -0.395 e. The molecule has 1 saturated heterocycles. The molecule has 1 saturated carbocycles. The van der Waals surface area contributed by atoms with E-state index >= 15 is 0 Å². The van der Waals surface area contributed by atoms with E-state index in [0.29, 0.717) is 11.8 Å². The van der Waals surface area contributed by atoms with Crippen LogP contribution in [0, 0.1) is 17.3 Å². The van der Waals surface area contributed by atoms with Crippen molar-refractivity contribution in [3.05, 3.63) is 0 Å². The van der Waals surface area contributed by atoms with Crippen LogP contribution in [0.1, 0.15) is 78.6 Å². The molecule has 154 valence electrons. The Balaban J connectivity index is 1.58. The van der Waals surface area contributed by atoms with Gasteiger partial charge in [0.2, 0.25) is 0 Å². The molecule has 0 spiro atoms. The van der Waals surface area contributed by atoms with Crippen LogP contribution in [-0.2, 0) is 4.74 Å². The molecule has 1 heterocycles. The van der Waals surface area contributed by atoms with E-state index in [2.05, 4.69) is 25.7 Å². The molecule has 4 atom stereocenters. The highest BCUT2D eigenvalue weighted by Gasteiger charge is 2.32. The Labute approximate surface area is 161 Å². The van der Waals surface area contributed by atoms with Gasteiger partial charge < -0.3 is 14.9 Å². The van der Waals surface area contributed by atoms with E-state index in [1.165, 1.54) is 32.1 Å². The highest BCUT2D eigenvalue weighted by atomic mass is 16.5. The highest BCUT2D eigenvalue weighted by Crippen LogP contribution is 2.41. The van der Waals surface area contributed by atoms with Gasteiger partial charge in [-0.2, -0.15) is 0 Å². The summed E-state index contributed by atoms with van der Waals surface area (Å²) in [6.45, 7) is 10.9. The number of piperidine rings is 1. The molecule has 4 nitrogen and oxygen atoms in total. The molecule has 4 unspecified atom stereocenters. The first-order valence-corrected chi connectivity index (χ1v) is 11.0. The van der Waals surface area contributed by atoms with Crippen LogP contribution in [0.5, 0.6) is 0 Å². The van der Waals surface area contributed by atoms with E-state index in [1.807, 2.05) is 0 Å². The Hall–Kier alpha value is -0.160. The van der Waals surface area contributed by atoms with Crippen molar-refractivity contribution in [1.82, 2.24) is 4.90 Å². The van der Waals surface area contributed by atoms with E-state index in [1.54, 1.807) is 0 Å². The fourth-order valence-corrected chi connectivity index (χ4v) is 5.12. The first-order valence-electron chi connectivity index (χ1n) is 11.0. The predicted octanol–water partition coefficient (Wildman–Crippen LogP) is 3.84. The number of ether oxygens (including phenoxy) is 1. The number of hydrogen-bond acceptors (Lipinski definition) is 4. The van der Waals surface area contributed by atoms with Gasteiger partial charge in [-0.15, -0.1) is 0 Å². The van der Waals surface area contributed by atoms with Crippen LogP contribution in [-0.4, -0.2) is 60.2 Å². The lowest BCUT2D eigenvalue weighted by Gasteiger charge is -2.38. The number of nitrogens with zero attached hydrogens (tertiary/aromatic N) is 1. The van der Waals surface area contributed by atoms with Crippen LogP contribution < -0.4 is 0 Å². The summed E-state index contributed by atoms with van der Waals surface area (Å²) in [4.78, 5) is 2.34. The van der Waals surface area contributed by atoms with E-state index in [9.17, 15) is 10.2 Å². The number of rotatable bonds is 10. The summed E-state index contributed by atoms with van der Waals surface area (Å²) in [5.74, 6) is 1.70. The van der Waals surface area contributed by atoms with Crippen molar-refractivity contribution < 1.29 is 14.9 Å². The molecular formula is C22H43NO3. The molecular weight excluding hydrogens is 326 g/mol. The molecule has 0 radical (unpaired) electrons. The second-order valence-corrected chi connectivity index (χ2v) is 9.71. The Morgan fingerprint density at radius 3 is 2.77 bits per heavy atom. The van der Waals surface area contributed by atoms with Gasteiger partial charge in [0.1, 0.15) is 0 Å². The summed E-state index contributed by atoms with van der Waals surface area (Å²) in [6, 6.07) is 0.138. The fourth-order valence-electron chi connectivity index (χ4n) is 5.12. The topological polar surface area (TPSA) is 52.9 Å². The van der Waals surface area contributed by atoms with Crippen LogP contribution >= 0.6 is 0 Å². The first kappa shape index (κ1) is 22.1. The molecule has 26 heavy (non-hydrogen) atoms. The normalized spacial score (nSPS) is 33.7. The Morgan fingerprint density at radius 2 is 2.04 bits per heavy atom. The molecule has 0 bridgehead atoms. The standard InChI is InChI=1S/C22H43NO3/c1-18(2)13-19-7-6-9-22(3,15-19)17-26-12-5-4-10-23-11-8-21(25)14-20(23)16-24/h18-21,24-25H,4-17H2,1-3H3. The van der Waals surface area contributed by atoms with Crippen LogP contribution in [0.25, 0.3) is 0 Å². The molecule has 2 N–H and O–H groups in total. The minimum atomic E-state index is -0.234. The van der Waals surface area contributed by atoms with Crippen LogP contribution in [0.4, 0.5) is 0 Å². The van der Waals surface area contributed by atoms with Crippen LogP contribution in [0.15, 0.2) is 0 Å². The largest absolute Gasteiger partial charge is 0.395 e. The van der Waals surface area contributed by atoms with Crippen molar-refractivity contribution in [2.75, 3.05) is 32.9 Å². The van der Waals surface area contributed by atoms with Gasteiger partial charge in [0.05, 0.1) is 19.3 Å². The number of hydrogen-bond donors (Lipinski definition) is 2. The number of likely N-dealkylation sites (tertiary alicyclic amines) is 1. The molecule has 1 aliphatic heterocycles. The van der Waals surface area contributed by atoms with Crippen molar-refractivity contribution in [1.29, 1.82) is 0 Å². The molecule has 0 aromatic rings. The molecule has 0 aromatic carbocycles. The zero-order chi connectivity index (χ0) is 19.0. The van der Waals surface area contributed by atoms with E-state index < -0.39 is 0 Å². The van der Waals surface area contributed by atoms with Gasteiger partial charge in [-0.3, -0.25) is 4.90 Å². The third-order valence-corrected chi connectivity index (χ3v) is 6.43. The molecule has 2 rings (SSSR count). The lowest BCUT2D eigenvalue weighted by Crippen LogP contribution is -2.46. The molecule has 4 heteroatoms. The lowest BCUT2D eigenvalue weighted by molar-refractivity contribution is 0.00502. The summed E-state index contributed by atoms with van der Waals surface area (Å²) in [6.07, 6.45) is 10.3. The average Bonchev–Trinajstić information content (AvgIpc) is 2.58. The fraction of sp³-hybridized carbons (Fsp3) is 1.00. The number of aliphatic hydroxyl groups excluding tert-OH is 2. The van der Waals surface area contributed by atoms with Crippen LogP contribution in [0.2, 0.25) is 0 Å². The molecule has 1 aliphatic carbocycles. The second-order valence-electron chi connectivity index (χ2n) is 9.71. The van der Waals surface area contributed by atoms with Crippen molar-refractivity contribution in [3.63, 3.8) is 0 Å². The molecule has 2 fully saturated rings. The van der Waals surface area contributed by atoms with Gasteiger partial charge in [0, 0.05) is 19.2 Å².